The first-order valence-electron chi connectivity index (χ1n) is 7.16. The number of anilines is 1. The molecule has 24 heavy (non-hydrogen) atoms. The molecule has 0 aliphatic rings. The summed E-state index contributed by atoms with van der Waals surface area (Å²) in [6.45, 7) is 3.61. The molecule has 1 aromatic heterocycles. The molecule has 0 saturated heterocycles. The molecule has 1 heterocycles. The monoisotopic (exact) mass is 345 g/mol. The molecule has 0 radical (unpaired) electrons. The molecular weight excluding hydrogens is 326 g/mol. The average molecular weight is 345 g/mol. The Bertz CT molecular complexity index is 811. The predicted octanol–water partition coefficient (Wildman–Crippen LogP) is 2.44. The standard InChI is InChI=1S/C16H19N5O2S/c1-9-4-5-11(22)10(2)14(9)21-15(23)12-8-19-16(24-12)20-13(17)6-7-18-3/h4-8,18,22H,1-3H3,(H,21,23)(H2,17,19,20)/b7-6-. The highest BCUT2D eigenvalue weighted by molar-refractivity contribution is 7.17. The van der Waals surface area contributed by atoms with Gasteiger partial charge in [0.05, 0.1) is 11.9 Å². The van der Waals surface area contributed by atoms with E-state index in [9.17, 15) is 9.90 Å². The number of nitrogens with two attached hydrogens (primary N) is 1. The van der Waals surface area contributed by atoms with Gasteiger partial charge in [-0.2, -0.15) is 0 Å². The highest BCUT2D eigenvalue weighted by Gasteiger charge is 2.14. The summed E-state index contributed by atoms with van der Waals surface area (Å²) >= 11 is 1.13. The van der Waals surface area contributed by atoms with E-state index in [4.69, 9.17) is 5.73 Å². The van der Waals surface area contributed by atoms with Gasteiger partial charge in [-0.1, -0.05) is 17.4 Å². The van der Waals surface area contributed by atoms with E-state index in [1.807, 2.05) is 6.92 Å². The van der Waals surface area contributed by atoms with Crippen molar-refractivity contribution in [3.8, 4) is 5.75 Å². The van der Waals surface area contributed by atoms with Crippen LogP contribution in [0.15, 0.2) is 35.6 Å². The van der Waals surface area contributed by atoms with Crippen LogP contribution in [0.4, 0.5) is 10.8 Å². The molecule has 2 aromatic rings. The smallest absolute Gasteiger partial charge is 0.267 e. The molecule has 1 amide bonds. The number of phenolic OH excluding ortho intramolecular Hbond substituents is 1. The minimum atomic E-state index is -0.310. The SMILES string of the molecule is CN/C=C\C(N)=N/c1ncc(C(=O)Nc2c(C)ccc(O)c2C)s1. The number of nitrogens with one attached hydrogen (secondary N) is 2. The summed E-state index contributed by atoms with van der Waals surface area (Å²) in [7, 11) is 1.75. The Balaban J connectivity index is 2.18. The molecule has 0 spiro atoms. The van der Waals surface area contributed by atoms with E-state index in [-0.39, 0.29) is 17.5 Å². The van der Waals surface area contributed by atoms with Crippen LogP contribution in [0.1, 0.15) is 20.8 Å². The summed E-state index contributed by atoms with van der Waals surface area (Å²) < 4.78 is 0. The van der Waals surface area contributed by atoms with Crippen LogP contribution < -0.4 is 16.4 Å². The number of hydrogen-bond donors (Lipinski definition) is 4. The lowest BCUT2D eigenvalue weighted by Gasteiger charge is -2.11. The highest BCUT2D eigenvalue weighted by atomic mass is 32.1. The van der Waals surface area contributed by atoms with Gasteiger partial charge in [-0.3, -0.25) is 4.79 Å². The highest BCUT2D eigenvalue weighted by Crippen LogP contribution is 2.29. The van der Waals surface area contributed by atoms with Crippen LogP contribution in [-0.2, 0) is 0 Å². The largest absolute Gasteiger partial charge is 0.508 e. The van der Waals surface area contributed by atoms with E-state index in [1.165, 1.54) is 6.20 Å². The second-order valence-electron chi connectivity index (χ2n) is 5.02. The third-order valence-electron chi connectivity index (χ3n) is 3.25. The zero-order valence-electron chi connectivity index (χ0n) is 13.6. The zero-order valence-corrected chi connectivity index (χ0v) is 14.4. The van der Waals surface area contributed by atoms with Crippen molar-refractivity contribution in [1.29, 1.82) is 0 Å². The van der Waals surface area contributed by atoms with E-state index < -0.39 is 0 Å². The quantitative estimate of drug-likeness (QED) is 0.491. The van der Waals surface area contributed by atoms with Gasteiger partial charge in [0, 0.05) is 12.6 Å². The second kappa shape index (κ2) is 7.60. The summed E-state index contributed by atoms with van der Waals surface area (Å²) in [5.41, 5.74) is 7.79. The van der Waals surface area contributed by atoms with Crippen molar-refractivity contribution >= 4 is 33.9 Å². The summed E-state index contributed by atoms with van der Waals surface area (Å²) in [6, 6.07) is 3.34. The van der Waals surface area contributed by atoms with E-state index in [0.717, 1.165) is 16.9 Å². The maximum Gasteiger partial charge on any atom is 0.267 e. The number of aliphatic imine (C=N–C) groups is 1. The number of hydrogen-bond acceptors (Lipinski definition) is 6. The lowest BCUT2D eigenvalue weighted by molar-refractivity contribution is 0.103. The fraction of sp³-hybridized carbons (Fsp3) is 0.188. The Morgan fingerprint density at radius 2 is 2.17 bits per heavy atom. The second-order valence-corrected chi connectivity index (χ2v) is 6.03. The molecule has 0 saturated carbocycles. The van der Waals surface area contributed by atoms with Crippen LogP contribution in [-0.4, -0.2) is 28.9 Å². The van der Waals surface area contributed by atoms with E-state index in [1.54, 1.807) is 38.4 Å². The van der Waals surface area contributed by atoms with Crippen molar-refractivity contribution in [3.05, 3.63) is 46.6 Å². The maximum atomic E-state index is 12.4. The lowest BCUT2D eigenvalue weighted by atomic mass is 10.1. The van der Waals surface area contributed by atoms with Gasteiger partial charge < -0.3 is 21.5 Å². The minimum Gasteiger partial charge on any atom is -0.508 e. The van der Waals surface area contributed by atoms with E-state index in [2.05, 4.69) is 20.6 Å². The van der Waals surface area contributed by atoms with Crippen molar-refractivity contribution in [2.75, 3.05) is 12.4 Å². The Labute approximate surface area is 144 Å². The molecule has 0 unspecified atom stereocenters. The van der Waals surface area contributed by atoms with Crippen LogP contribution in [0.2, 0.25) is 0 Å². The Morgan fingerprint density at radius 1 is 1.42 bits per heavy atom. The number of carbonyl (C=O) groups excluding carboxylic acids is 1. The third-order valence-corrected chi connectivity index (χ3v) is 4.14. The van der Waals surface area contributed by atoms with Gasteiger partial charge >= 0.3 is 0 Å². The number of phenols is 1. The van der Waals surface area contributed by atoms with Crippen molar-refractivity contribution in [1.82, 2.24) is 10.3 Å². The first kappa shape index (κ1) is 17.5. The Morgan fingerprint density at radius 3 is 2.88 bits per heavy atom. The third kappa shape index (κ3) is 4.11. The van der Waals surface area contributed by atoms with Crippen LogP contribution in [0, 0.1) is 13.8 Å². The number of aryl methyl sites for hydroxylation is 1. The number of nitrogens with zero attached hydrogens (tertiary/aromatic N) is 2. The fourth-order valence-electron chi connectivity index (χ4n) is 1.94. The van der Waals surface area contributed by atoms with Gasteiger partial charge in [-0.15, -0.1) is 0 Å². The van der Waals surface area contributed by atoms with Crippen molar-refractivity contribution in [2.45, 2.75) is 13.8 Å². The number of carbonyl (C=O) groups is 1. The number of aromatic hydroxyl groups is 1. The molecule has 0 bridgehead atoms. The Kier molecular flexibility index (Phi) is 5.54. The average Bonchev–Trinajstić information content (AvgIpc) is 3.01. The molecule has 126 valence electrons. The predicted molar refractivity (Wildman–Crippen MR) is 97.1 cm³/mol. The molecule has 2 rings (SSSR count). The van der Waals surface area contributed by atoms with Crippen LogP contribution >= 0.6 is 11.3 Å². The van der Waals surface area contributed by atoms with E-state index >= 15 is 0 Å². The van der Waals surface area contributed by atoms with Gasteiger partial charge in [0.25, 0.3) is 5.91 Å². The number of rotatable bonds is 5. The van der Waals surface area contributed by atoms with E-state index in [0.29, 0.717) is 21.3 Å². The van der Waals surface area contributed by atoms with Gasteiger partial charge in [0.2, 0.25) is 5.13 Å². The summed E-state index contributed by atoms with van der Waals surface area (Å²) in [4.78, 5) is 21.0. The lowest BCUT2D eigenvalue weighted by Crippen LogP contribution is -2.12. The summed E-state index contributed by atoms with van der Waals surface area (Å²) in [6.07, 6.45) is 4.69. The molecular formula is C16H19N5O2S. The van der Waals surface area contributed by atoms with Crippen LogP contribution in [0.5, 0.6) is 5.75 Å². The molecule has 0 atom stereocenters. The molecule has 8 heteroatoms. The summed E-state index contributed by atoms with van der Waals surface area (Å²) in [5.74, 6) is 0.106. The number of thiazole rings is 1. The topological polar surface area (TPSA) is 113 Å². The number of benzene rings is 1. The minimum absolute atomic E-state index is 0.134. The normalized spacial score (nSPS) is 11.7. The molecule has 0 aliphatic carbocycles. The molecule has 1 aromatic carbocycles. The van der Waals surface area contributed by atoms with Gasteiger partial charge in [-0.05, 0) is 37.8 Å². The van der Waals surface area contributed by atoms with Crippen LogP contribution in [0.3, 0.4) is 0 Å². The molecule has 0 fully saturated rings. The van der Waals surface area contributed by atoms with Gasteiger partial charge in [0.15, 0.2) is 0 Å². The molecule has 0 aliphatic heterocycles. The van der Waals surface area contributed by atoms with Crippen molar-refractivity contribution < 1.29 is 9.90 Å². The van der Waals surface area contributed by atoms with Gasteiger partial charge in [-0.25, -0.2) is 9.98 Å². The number of aromatic nitrogens is 1. The Hall–Kier alpha value is -2.87. The van der Waals surface area contributed by atoms with Crippen LogP contribution in [0.25, 0.3) is 0 Å². The van der Waals surface area contributed by atoms with Crippen molar-refractivity contribution in [3.63, 3.8) is 0 Å². The first-order valence-corrected chi connectivity index (χ1v) is 7.98. The number of amides is 1. The molecule has 5 N–H and O–H groups in total. The fourth-order valence-corrected chi connectivity index (χ4v) is 2.64. The number of amidine groups is 1. The summed E-state index contributed by atoms with van der Waals surface area (Å²) in [5, 5.41) is 15.8. The zero-order chi connectivity index (χ0) is 17.7. The maximum absolute atomic E-state index is 12.4. The van der Waals surface area contributed by atoms with Gasteiger partial charge in [0.1, 0.15) is 16.5 Å². The molecule has 7 nitrogen and oxygen atoms in total. The van der Waals surface area contributed by atoms with Crippen molar-refractivity contribution in [2.24, 2.45) is 10.7 Å². The first-order chi connectivity index (χ1) is 11.4.